The van der Waals surface area contributed by atoms with E-state index in [0.717, 1.165) is 12.1 Å². The van der Waals surface area contributed by atoms with Crippen LogP contribution in [0, 0.1) is 17.0 Å². The van der Waals surface area contributed by atoms with Gasteiger partial charge in [-0.3, -0.25) is 10.1 Å². The predicted octanol–water partition coefficient (Wildman–Crippen LogP) is 1.31. The number of benzene rings is 1. The van der Waals surface area contributed by atoms with Gasteiger partial charge in [0.15, 0.2) is 0 Å². The van der Waals surface area contributed by atoms with Gasteiger partial charge in [0.1, 0.15) is 11.3 Å². The molecule has 6 nitrogen and oxygen atoms in total. The molecule has 0 aromatic heterocycles. The largest absolute Gasteiger partial charge is 0.507 e. The van der Waals surface area contributed by atoms with Crippen molar-refractivity contribution in [1.82, 2.24) is 0 Å². The first-order valence-corrected chi connectivity index (χ1v) is 3.65. The second-order valence-electron chi connectivity index (χ2n) is 2.67. The zero-order valence-corrected chi connectivity index (χ0v) is 7.22. The normalized spacial score (nSPS) is 9.79. The number of carboxylic acid groups (broad SMARTS) is 1. The van der Waals surface area contributed by atoms with Crippen molar-refractivity contribution in [2.24, 2.45) is 0 Å². The molecule has 1 aromatic carbocycles. The molecule has 1 aromatic rings. The summed E-state index contributed by atoms with van der Waals surface area (Å²) in [4.78, 5) is 20.2. The molecule has 0 spiro atoms. The lowest BCUT2D eigenvalue weighted by Gasteiger charge is -2.03. The molecule has 0 saturated carbocycles. The summed E-state index contributed by atoms with van der Waals surface area (Å²) in [6.45, 7) is 1.29. The predicted molar refractivity (Wildman–Crippen MR) is 46.5 cm³/mol. The molecule has 0 heterocycles. The van der Waals surface area contributed by atoms with E-state index in [0.29, 0.717) is 0 Å². The van der Waals surface area contributed by atoms with Crippen molar-refractivity contribution < 1.29 is 19.9 Å². The maximum absolute atomic E-state index is 10.5. The third kappa shape index (κ3) is 1.49. The van der Waals surface area contributed by atoms with Crippen LogP contribution in [-0.2, 0) is 0 Å². The molecule has 0 aliphatic carbocycles. The Bertz CT molecular complexity index is 373. The lowest BCUT2D eigenvalue weighted by Crippen LogP contribution is -2.00. The van der Waals surface area contributed by atoms with E-state index in [4.69, 9.17) is 5.11 Å². The first kappa shape index (κ1) is 9.97. The van der Waals surface area contributed by atoms with Crippen molar-refractivity contribution in [2.75, 3.05) is 0 Å². The van der Waals surface area contributed by atoms with Crippen LogP contribution in [-0.4, -0.2) is 21.1 Å². The fourth-order valence-electron chi connectivity index (χ4n) is 1.06. The molecule has 0 aliphatic heterocycles. The van der Waals surface area contributed by atoms with Gasteiger partial charge in [-0.05, 0) is 13.0 Å². The number of phenols is 1. The van der Waals surface area contributed by atoms with Gasteiger partial charge in [0.05, 0.1) is 10.5 Å². The summed E-state index contributed by atoms with van der Waals surface area (Å²) in [5, 5.41) is 28.3. The van der Waals surface area contributed by atoms with Crippen LogP contribution in [0.25, 0.3) is 0 Å². The van der Waals surface area contributed by atoms with E-state index in [-0.39, 0.29) is 16.8 Å². The number of nitrogens with zero attached hydrogens (tertiary/aromatic N) is 1. The van der Waals surface area contributed by atoms with Gasteiger partial charge in [-0.1, -0.05) is 0 Å². The Labute approximate surface area is 78.6 Å². The quantitative estimate of drug-likeness (QED) is 0.549. The van der Waals surface area contributed by atoms with Crippen molar-refractivity contribution in [2.45, 2.75) is 6.92 Å². The van der Waals surface area contributed by atoms with Crippen LogP contribution in [0.5, 0.6) is 5.75 Å². The second-order valence-corrected chi connectivity index (χ2v) is 2.67. The van der Waals surface area contributed by atoms with E-state index in [1.165, 1.54) is 6.92 Å². The summed E-state index contributed by atoms with van der Waals surface area (Å²) < 4.78 is 0. The molecule has 0 aliphatic rings. The minimum absolute atomic E-state index is 0.0464. The third-order valence-electron chi connectivity index (χ3n) is 1.83. The highest BCUT2D eigenvalue weighted by Crippen LogP contribution is 2.29. The van der Waals surface area contributed by atoms with E-state index in [2.05, 4.69) is 0 Å². The van der Waals surface area contributed by atoms with Crippen LogP contribution >= 0.6 is 0 Å². The Kier molecular flexibility index (Phi) is 2.37. The second kappa shape index (κ2) is 3.33. The van der Waals surface area contributed by atoms with Gasteiger partial charge in [-0.15, -0.1) is 0 Å². The van der Waals surface area contributed by atoms with Gasteiger partial charge in [-0.25, -0.2) is 4.79 Å². The van der Waals surface area contributed by atoms with E-state index < -0.39 is 16.6 Å². The fourth-order valence-corrected chi connectivity index (χ4v) is 1.06. The van der Waals surface area contributed by atoms with Crippen LogP contribution in [0.1, 0.15) is 15.9 Å². The number of hydrogen-bond donors (Lipinski definition) is 2. The average molecular weight is 197 g/mol. The highest BCUT2D eigenvalue weighted by Gasteiger charge is 2.19. The van der Waals surface area contributed by atoms with E-state index in [1.807, 2.05) is 0 Å². The summed E-state index contributed by atoms with van der Waals surface area (Å²) in [7, 11) is 0. The number of hydrogen-bond acceptors (Lipinski definition) is 4. The summed E-state index contributed by atoms with van der Waals surface area (Å²) in [6.07, 6.45) is 0. The minimum atomic E-state index is -1.32. The summed E-state index contributed by atoms with van der Waals surface area (Å²) in [6, 6.07) is 2.06. The van der Waals surface area contributed by atoms with Gasteiger partial charge in [-0.2, -0.15) is 0 Å². The van der Waals surface area contributed by atoms with E-state index in [1.54, 1.807) is 0 Å². The molecular formula is C8H7NO5. The average Bonchev–Trinajstić information content (AvgIpc) is 2.08. The topological polar surface area (TPSA) is 101 Å². The molecule has 14 heavy (non-hydrogen) atoms. The van der Waals surface area contributed by atoms with Gasteiger partial charge < -0.3 is 10.2 Å². The number of nitro benzene ring substituents is 1. The van der Waals surface area contributed by atoms with Crippen LogP contribution in [0.3, 0.4) is 0 Å². The molecule has 0 fully saturated rings. The number of aromatic hydroxyl groups is 1. The van der Waals surface area contributed by atoms with Crippen LogP contribution in [0.15, 0.2) is 12.1 Å². The summed E-state index contributed by atoms with van der Waals surface area (Å²) >= 11 is 0. The van der Waals surface area contributed by atoms with Crippen LogP contribution < -0.4 is 0 Å². The maximum Gasteiger partial charge on any atom is 0.339 e. The van der Waals surface area contributed by atoms with Crippen molar-refractivity contribution in [3.8, 4) is 5.75 Å². The van der Waals surface area contributed by atoms with Crippen molar-refractivity contribution >= 4 is 11.7 Å². The molecule has 2 N–H and O–H groups in total. The van der Waals surface area contributed by atoms with Crippen LogP contribution in [0.4, 0.5) is 5.69 Å². The van der Waals surface area contributed by atoms with Gasteiger partial charge in [0, 0.05) is 6.07 Å². The van der Waals surface area contributed by atoms with Gasteiger partial charge in [0.25, 0.3) is 5.69 Å². The summed E-state index contributed by atoms with van der Waals surface area (Å²) in [5.74, 6) is -1.88. The molecule has 1 rings (SSSR count). The maximum atomic E-state index is 10.5. The van der Waals surface area contributed by atoms with E-state index >= 15 is 0 Å². The molecule has 0 radical (unpaired) electrons. The Morgan fingerprint density at radius 2 is 2.07 bits per heavy atom. The van der Waals surface area contributed by atoms with Gasteiger partial charge >= 0.3 is 5.97 Å². The number of nitro groups is 1. The highest BCUT2D eigenvalue weighted by atomic mass is 16.6. The Morgan fingerprint density at radius 1 is 1.50 bits per heavy atom. The molecule has 0 unspecified atom stereocenters. The Hall–Kier alpha value is -2.11. The monoisotopic (exact) mass is 197 g/mol. The van der Waals surface area contributed by atoms with Crippen molar-refractivity contribution in [3.05, 3.63) is 33.4 Å². The highest BCUT2D eigenvalue weighted by molar-refractivity contribution is 5.91. The van der Waals surface area contributed by atoms with E-state index in [9.17, 15) is 20.0 Å². The molecule has 0 atom stereocenters. The number of carbonyl (C=O) groups is 1. The third-order valence-corrected chi connectivity index (χ3v) is 1.83. The van der Waals surface area contributed by atoms with Crippen molar-refractivity contribution in [1.29, 1.82) is 0 Å². The lowest BCUT2D eigenvalue weighted by molar-refractivity contribution is -0.385. The lowest BCUT2D eigenvalue weighted by atomic mass is 10.1. The van der Waals surface area contributed by atoms with Crippen molar-refractivity contribution in [3.63, 3.8) is 0 Å². The number of rotatable bonds is 2. The molecule has 0 saturated heterocycles. The smallest absolute Gasteiger partial charge is 0.339 e. The zero-order chi connectivity index (χ0) is 10.9. The van der Waals surface area contributed by atoms with Crippen LogP contribution in [0.2, 0.25) is 0 Å². The molecular weight excluding hydrogens is 190 g/mol. The SMILES string of the molecule is Cc1c([N+](=O)[O-])ccc(C(=O)O)c1O. The zero-order valence-electron chi connectivity index (χ0n) is 7.22. The van der Waals surface area contributed by atoms with Gasteiger partial charge in [0.2, 0.25) is 0 Å². The first-order chi connectivity index (χ1) is 6.45. The molecule has 0 amide bonds. The molecule has 74 valence electrons. The summed E-state index contributed by atoms with van der Waals surface area (Å²) in [5.41, 5.74) is -0.685. The molecule has 0 bridgehead atoms. The first-order valence-electron chi connectivity index (χ1n) is 3.65. The Morgan fingerprint density at radius 3 is 2.50 bits per heavy atom. The minimum Gasteiger partial charge on any atom is -0.507 e. The standard InChI is InChI=1S/C8H7NO5/c1-4-6(9(13)14)3-2-5(7(4)10)8(11)12/h2-3,10H,1H3,(H,11,12). The number of aromatic carboxylic acids is 1. The number of carboxylic acids is 1. The Balaban J connectivity index is 3.41. The molecule has 6 heteroatoms. The fraction of sp³-hybridized carbons (Fsp3) is 0.125.